The van der Waals surface area contributed by atoms with Gasteiger partial charge in [-0.3, -0.25) is 24.2 Å². The van der Waals surface area contributed by atoms with Crippen molar-refractivity contribution in [2.45, 2.75) is 45.1 Å². The van der Waals surface area contributed by atoms with Gasteiger partial charge < -0.3 is 10.6 Å². The Morgan fingerprint density at radius 1 is 1.11 bits per heavy atom. The minimum Gasteiger partial charge on any atom is -0.351 e. The first kappa shape index (κ1) is 23.8. The van der Waals surface area contributed by atoms with Gasteiger partial charge in [0.2, 0.25) is 0 Å². The van der Waals surface area contributed by atoms with Crippen molar-refractivity contribution in [1.29, 1.82) is 0 Å². The second-order valence-corrected chi connectivity index (χ2v) is 11.1. The molecule has 2 fully saturated rings. The Bertz CT molecular complexity index is 1510. The molecule has 37 heavy (non-hydrogen) atoms. The Morgan fingerprint density at radius 3 is 2.70 bits per heavy atom. The Balaban J connectivity index is 1.14. The molecule has 2 amide bonds. The molecule has 1 aliphatic heterocycles. The summed E-state index contributed by atoms with van der Waals surface area (Å²) >= 11 is 1.49. The lowest BCUT2D eigenvalue weighted by molar-refractivity contribution is 0.0944. The van der Waals surface area contributed by atoms with Gasteiger partial charge in [-0.1, -0.05) is 0 Å². The number of fused-ring (bicyclic) bond motifs is 1. The molecule has 5 heterocycles. The highest BCUT2D eigenvalue weighted by molar-refractivity contribution is 7.21. The fourth-order valence-electron chi connectivity index (χ4n) is 5.24. The van der Waals surface area contributed by atoms with Crippen LogP contribution in [0.15, 0.2) is 30.9 Å². The largest absolute Gasteiger partial charge is 0.351 e. The molecule has 192 valence electrons. The van der Waals surface area contributed by atoms with Crippen LogP contribution in [0.25, 0.3) is 15.3 Å². The van der Waals surface area contributed by atoms with E-state index in [9.17, 15) is 9.59 Å². The number of nitrogens with zero attached hydrogens (tertiary/aromatic N) is 6. The van der Waals surface area contributed by atoms with Crippen LogP contribution in [-0.2, 0) is 7.05 Å². The van der Waals surface area contributed by atoms with Crippen LogP contribution in [0, 0.1) is 13.8 Å². The predicted octanol–water partition coefficient (Wildman–Crippen LogP) is 3.42. The van der Waals surface area contributed by atoms with Crippen molar-refractivity contribution in [1.82, 2.24) is 34.6 Å². The average molecular weight is 519 g/mol. The zero-order valence-corrected chi connectivity index (χ0v) is 22.1. The summed E-state index contributed by atoms with van der Waals surface area (Å²) < 4.78 is 3.53. The van der Waals surface area contributed by atoms with Crippen molar-refractivity contribution >= 4 is 33.7 Å². The maximum Gasteiger partial charge on any atom is 0.260 e. The van der Waals surface area contributed by atoms with Gasteiger partial charge in [0.15, 0.2) is 0 Å². The Kier molecular flexibility index (Phi) is 5.84. The van der Waals surface area contributed by atoms with Crippen LogP contribution < -0.4 is 10.6 Å². The molecule has 2 aliphatic rings. The van der Waals surface area contributed by atoms with Crippen LogP contribution in [0.4, 0.5) is 5.69 Å². The molecule has 11 heteroatoms. The molecule has 6 rings (SSSR count). The summed E-state index contributed by atoms with van der Waals surface area (Å²) in [5.41, 5.74) is 4.51. The SMILES string of the molecule is Cc1ncc(C(=O)NCCN2CCCC23CC3)cc1NC(=O)c1cnn2cc(-c3cnn(C)c3C)sc12. The normalized spacial score (nSPS) is 16.5. The maximum absolute atomic E-state index is 13.2. The Hall–Kier alpha value is -3.57. The minimum atomic E-state index is -0.294. The highest BCUT2D eigenvalue weighted by Crippen LogP contribution is 2.49. The molecule has 0 unspecified atom stereocenters. The fraction of sp³-hybridized carbons (Fsp3) is 0.423. The molecule has 2 N–H and O–H groups in total. The molecule has 0 aromatic carbocycles. The number of rotatable bonds is 7. The number of hydrogen-bond acceptors (Lipinski definition) is 7. The summed E-state index contributed by atoms with van der Waals surface area (Å²) in [4.78, 5) is 34.6. The number of thiazole rings is 1. The zero-order chi connectivity index (χ0) is 25.7. The van der Waals surface area contributed by atoms with Crippen molar-refractivity contribution in [3.05, 3.63) is 53.4 Å². The van der Waals surface area contributed by atoms with Gasteiger partial charge >= 0.3 is 0 Å². The van der Waals surface area contributed by atoms with Gasteiger partial charge in [0.1, 0.15) is 4.83 Å². The summed E-state index contributed by atoms with van der Waals surface area (Å²) in [6.45, 7) is 6.40. The number of hydrogen-bond donors (Lipinski definition) is 2. The quantitative estimate of drug-likeness (QED) is 0.388. The van der Waals surface area contributed by atoms with Gasteiger partial charge in [-0.2, -0.15) is 10.2 Å². The number of carbonyl (C=O) groups is 2. The lowest BCUT2D eigenvalue weighted by Crippen LogP contribution is -2.38. The van der Waals surface area contributed by atoms with E-state index in [1.54, 1.807) is 23.0 Å². The van der Waals surface area contributed by atoms with Gasteiger partial charge in [0, 0.05) is 49.3 Å². The standard InChI is InChI=1S/C26H30N8O2S/c1-16-21(11-18(12-28-16)23(35)27-8-10-33-9-4-5-26(33)6-7-26)31-24(36)20-14-30-34-15-22(37-25(20)34)19-13-29-32(3)17(19)2/h11-15H,4-10H2,1-3H3,(H,27,35)(H,31,36). The van der Waals surface area contributed by atoms with E-state index in [2.05, 4.69) is 30.7 Å². The predicted molar refractivity (Wildman–Crippen MR) is 142 cm³/mol. The van der Waals surface area contributed by atoms with Crippen LogP contribution in [-0.4, -0.2) is 66.3 Å². The molecule has 1 saturated heterocycles. The molecule has 4 aromatic rings. The van der Waals surface area contributed by atoms with Gasteiger partial charge in [-0.05, 0) is 52.1 Å². The monoisotopic (exact) mass is 518 g/mol. The number of aryl methyl sites for hydroxylation is 2. The van der Waals surface area contributed by atoms with Crippen LogP contribution in [0.1, 0.15) is 57.8 Å². The molecule has 1 saturated carbocycles. The number of likely N-dealkylation sites (tertiary alicyclic amines) is 1. The topological polar surface area (TPSA) is 109 Å². The number of aromatic nitrogens is 5. The molecule has 0 bridgehead atoms. The maximum atomic E-state index is 13.2. The number of amides is 2. The van der Waals surface area contributed by atoms with E-state index in [1.165, 1.54) is 37.0 Å². The summed E-state index contributed by atoms with van der Waals surface area (Å²) in [5.74, 6) is -0.479. The molecular weight excluding hydrogens is 488 g/mol. The van der Waals surface area contributed by atoms with Crippen molar-refractivity contribution in [3.63, 3.8) is 0 Å². The van der Waals surface area contributed by atoms with Crippen LogP contribution in [0.3, 0.4) is 0 Å². The van der Waals surface area contributed by atoms with Crippen molar-refractivity contribution in [2.24, 2.45) is 7.05 Å². The number of carbonyl (C=O) groups excluding carboxylic acids is 2. The Labute approximate surface area is 218 Å². The molecule has 0 atom stereocenters. The summed E-state index contributed by atoms with van der Waals surface area (Å²) in [6.07, 6.45) is 11.9. The first-order valence-electron chi connectivity index (χ1n) is 12.6. The van der Waals surface area contributed by atoms with Gasteiger partial charge in [-0.15, -0.1) is 11.3 Å². The average Bonchev–Trinajstić information content (AvgIpc) is 3.15. The smallest absolute Gasteiger partial charge is 0.260 e. The molecule has 0 radical (unpaired) electrons. The van der Waals surface area contributed by atoms with E-state index in [0.29, 0.717) is 34.6 Å². The first-order valence-corrected chi connectivity index (χ1v) is 13.4. The number of anilines is 1. The molecule has 1 aliphatic carbocycles. The molecule has 10 nitrogen and oxygen atoms in total. The van der Waals surface area contributed by atoms with E-state index < -0.39 is 0 Å². The highest BCUT2D eigenvalue weighted by atomic mass is 32.1. The van der Waals surface area contributed by atoms with Crippen molar-refractivity contribution in [2.75, 3.05) is 25.0 Å². The lowest BCUT2D eigenvalue weighted by atomic mass is 10.2. The van der Waals surface area contributed by atoms with Gasteiger partial charge in [-0.25, -0.2) is 4.52 Å². The van der Waals surface area contributed by atoms with E-state index in [-0.39, 0.29) is 11.8 Å². The number of pyridine rings is 1. The van der Waals surface area contributed by atoms with Gasteiger partial charge in [0.25, 0.3) is 11.8 Å². The third-order valence-electron chi connectivity index (χ3n) is 7.77. The third kappa shape index (κ3) is 4.31. The third-order valence-corrected chi connectivity index (χ3v) is 8.92. The fourth-order valence-corrected chi connectivity index (χ4v) is 6.36. The minimum absolute atomic E-state index is 0.185. The summed E-state index contributed by atoms with van der Waals surface area (Å²) in [7, 11) is 1.90. The van der Waals surface area contributed by atoms with Gasteiger partial charge in [0.05, 0.1) is 39.8 Å². The van der Waals surface area contributed by atoms with E-state index in [0.717, 1.165) is 34.1 Å². The lowest BCUT2D eigenvalue weighted by Gasteiger charge is -2.23. The Morgan fingerprint density at radius 2 is 1.95 bits per heavy atom. The van der Waals surface area contributed by atoms with Crippen molar-refractivity contribution < 1.29 is 9.59 Å². The van der Waals surface area contributed by atoms with Crippen LogP contribution in [0.5, 0.6) is 0 Å². The second kappa shape index (κ2) is 9.07. The van der Waals surface area contributed by atoms with E-state index in [4.69, 9.17) is 0 Å². The molecular formula is C26H30N8O2S. The number of nitrogens with one attached hydrogen (secondary N) is 2. The summed E-state index contributed by atoms with van der Waals surface area (Å²) in [6, 6.07) is 1.69. The zero-order valence-electron chi connectivity index (χ0n) is 21.2. The van der Waals surface area contributed by atoms with E-state index in [1.807, 2.05) is 38.0 Å². The van der Waals surface area contributed by atoms with E-state index >= 15 is 0 Å². The highest BCUT2D eigenvalue weighted by Gasteiger charge is 2.50. The first-order chi connectivity index (χ1) is 17.8. The van der Waals surface area contributed by atoms with Crippen molar-refractivity contribution in [3.8, 4) is 10.4 Å². The molecule has 4 aromatic heterocycles. The summed E-state index contributed by atoms with van der Waals surface area (Å²) in [5, 5.41) is 14.6. The van der Waals surface area contributed by atoms with Crippen LogP contribution >= 0.6 is 11.3 Å². The second-order valence-electron chi connectivity index (χ2n) is 10.1. The molecule has 1 spiro atoms. The van der Waals surface area contributed by atoms with Crippen LogP contribution in [0.2, 0.25) is 0 Å².